The molecular formula is C7H11KN2O3. The summed E-state index contributed by atoms with van der Waals surface area (Å²) in [4.78, 5) is 8.56. The molecule has 0 aromatic heterocycles. The smallest absolute Gasteiger partial charge is 1.00 e. The Hall–Kier alpha value is -0.274. The molecule has 0 heterocycles. The fraction of sp³-hybridized carbons (Fsp3) is 0. The Kier molecular flexibility index (Phi) is 9.75. The first-order chi connectivity index (χ1) is 5.54. The van der Waals surface area contributed by atoms with Crippen LogP contribution in [-0.2, 0) is 0 Å². The second-order valence-electron chi connectivity index (χ2n) is 1.91. The van der Waals surface area contributed by atoms with E-state index in [1.54, 1.807) is 12.1 Å². The van der Waals surface area contributed by atoms with Gasteiger partial charge >= 0.3 is 57.5 Å². The SMILES string of the molecule is Nc1ccccc1N.O=C(O)O.[H-].[K+]. The van der Waals surface area contributed by atoms with Crippen molar-refractivity contribution in [1.82, 2.24) is 0 Å². The Balaban J connectivity index is -0.000000180. The largest absolute Gasteiger partial charge is 1.00 e. The molecule has 6 N–H and O–H groups in total. The predicted molar refractivity (Wildman–Crippen MR) is 47.0 cm³/mol. The van der Waals surface area contributed by atoms with Crippen LogP contribution in [0.2, 0.25) is 0 Å². The van der Waals surface area contributed by atoms with Gasteiger partial charge in [-0.2, -0.15) is 0 Å². The van der Waals surface area contributed by atoms with Crippen LogP contribution in [0.4, 0.5) is 16.2 Å². The number of carboxylic acid groups (broad SMARTS) is 2. The number of nitrogens with two attached hydrogens (primary N) is 2. The molecule has 0 bridgehead atoms. The number of para-hydroxylation sites is 2. The number of hydrogen-bond donors (Lipinski definition) is 4. The number of anilines is 2. The fourth-order valence-corrected chi connectivity index (χ4v) is 0.511. The van der Waals surface area contributed by atoms with Gasteiger partial charge in [0.05, 0.1) is 11.4 Å². The Bertz CT molecular complexity index is 248. The molecule has 0 saturated carbocycles. The van der Waals surface area contributed by atoms with Gasteiger partial charge in [0.1, 0.15) is 0 Å². The van der Waals surface area contributed by atoms with Crippen molar-refractivity contribution in [3.63, 3.8) is 0 Å². The van der Waals surface area contributed by atoms with Crippen molar-refractivity contribution in [2.24, 2.45) is 0 Å². The van der Waals surface area contributed by atoms with Gasteiger partial charge in [0, 0.05) is 0 Å². The van der Waals surface area contributed by atoms with Crippen molar-refractivity contribution >= 4 is 17.5 Å². The standard InChI is InChI=1S/C6H8N2.CH2O3.K.H/c7-5-3-1-2-4-6(5)8;2-1(3)4;;/h1-4H,7-8H2;(H2,2,3,4);;/q;;+1;-1. The van der Waals surface area contributed by atoms with Gasteiger partial charge in [0.15, 0.2) is 0 Å². The second kappa shape index (κ2) is 8.33. The summed E-state index contributed by atoms with van der Waals surface area (Å²) in [6.45, 7) is 0. The van der Waals surface area contributed by atoms with E-state index in [0.717, 1.165) is 0 Å². The summed E-state index contributed by atoms with van der Waals surface area (Å²) in [6.07, 6.45) is -1.83. The summed E-state index contributed by atoms with van der Waals surface area (Å²) in [5.74, 6) is 0. The Morgan fingerprint density at radius 1 is 1.15 bits per heavy atom. The van der Waals surface area contributed by atoms with E-state index < -0.39 is 6.16 Å². The summed E-state index contributed by atoms with van der Waals surface area (Å²) < 4.78 is 0. The number of carbonyl (C=O) groups is 1. The van der Waals surface area contributed by atoms with Crippen LogP contribution in [0, 0.1) is 0 Å². The number of benzene rings is 1. The zero-order chi connectivity index (χ0) is 9.56. The topological polar surface area (TPSA) is 110 Å². The molecule has 0 saturated heterocycles. The maximum atomic E-state index is 8.56. The molecule has 0 unspecified atom stereocenters. The molecule has 1 aromatic carbocycles. The summed E-state index contributed by atoms with van der Waals surface area (Å²) >= 11 is 0. The molecule has 1 aromatic rings. The molecule has 1 rings (SSSR count). The van der Waals surface area contributed by atoms with E-state index in [-0.39, 0.29) is 52.8 Å². The molecule has 0 atom stereocenters. The maximum absolute atomic E-state index is 8.56. The Labute approximate surface area is 120 Å². The van der Waals surface area contributed by atoms with Crippen molar-refractivity contribution in [2.45, 2.75) is 0 Å². The number of hydrogen-bond acceptors (Lipinski definition) is 3. The second-order valence-corrected chi connectivity index (χ2v) is 1.91. The van der Waals surface area contributed by atoms with Crippen LogP contribution in [0.25, 0.3) is 0 Å². The normalized spacial score (nSPS) is 7.38. The molecule has 0 aliphatic rings. The molecule has 6 heteroatoms. The van der Waals surface area contributed by atoms with E-state index >= 15 is 0 Å². The van der Waals surface area contributed by atoms with Gasteiger partial charge in [0.2, 0.25) is 0 Å². The first-order valence-corrected chi connectivity index (χ1v) is 3.06. The molecule has 0 fully saturated rings. The van der Waals surface area contributed by atoms with Crippen molar-refractivity contribution in [1.29, 1.82) is 0 Å². The van der Waals surface area contributed by atoms with Gasteiger partial charge in [-0.15, -0.1) is 0 Å². The minimum Gasteiger partial charge on any atom is -1.00 e. The molecule has 0 aliphatic carbocycles. The van der Waals surface area contributed by atoms with E-state index in [1.165, 1.54) is 0 Å². The van der Waals surface area contributed by atoms with Gasteiger partial charge < -0.3 is 23.1 Å². The van der Waals surface area contributed by atoms with E-state index in [9.17, 15) is 0 Å². The van der Waals surface area contributed by atoms with Gasteiger partial charge in [-0.05, 0) is 12.1 Å². The number of rotatable bonds is 0. The molecule has 13 heavy (non-hydrogen) atoms. The van der Waals surface area contributed by atoms with Crippen LogP contribution in [-0.4, -0.2) is 16.4 Å². The maximum Gasteiger partial charge on any atom is 1.00 e. The number of nitrogen functional groups attached to an aromatic ring is 2. The summed E-state index contributed by atoms with van der Waals surface area (Å²) in [6, 6.07) is 7.25. The van der Waals surface area contributed by atoms with Gasteiger partial charge in [-0.1, -0.05) is 12.1 Å². The van der Waals surface area contributed by atoms with Crippen molar-refractivity contribution in [3.8, 4) is 0 Å². The van der Waals surface area contributed by atoms with Gasteiger partial charge in [-0.3, -0.25) is 0 Å². The predicted octanol–water partition coefficient (Wildman–Crippen LogP) is -1.81. The molecular weight excluding hydrogens is 199 g/mol. The van der Waals surface area contributed by atoms with Crippen LogP contribution in [0.1, 0.15) is 1.43 Å². The molecule has 0 amide bonds. The molecule has 5 nitrogen and oxygen atoms in total. The molecule has 0 radical (unpaired) electrons. The van der Waals surface area contributed by atoms with Crippen LogP contribution in [0.15, 0.2) is 24.3 Å². The van der Waals surface area contributed by atoms with E-state index in [2.05, 4.69) is 0 Å². The third-order valence-electron chi connectivity index (χ3n) is 0.996. The van der Waals surface area contributed by atoms with Crippen LogP contribution >= 0.6 is 0 Å². The first-order valence-electron chi connectivity index (χ1n) is 3.06. The third kappa shape index (κ3) is 9.64. The van der Waals surface area contributed by atoms with E-state index in [1.807, 2.05) is 12.1 Å². The van der Waals surface area contributed by atoms with Gasteiger partial charge in [0.25, 0.3) is 0 Å². The quantitative estimate of drug-likeness (QED) is 0.298. The van der Waals surface area contributed by atoms with Crippen LogP contribution < -0.4 is 62.9 Å². The van der Waals surface area contributed by atoms with Crippen molar-refractivity contribution < 1.29 is 67.8 Å². The molecule has 0 aliphatic heterocycles. The van der Waals surface area contributed by atoms with Crippen molar-refractivity contribution in [3.05, 3.63) is 24.3 Å². The molecule has 68 valence electrons. The average molecular weight is 210 g/mol. The van der Waals surface area contributed by atoms with E-state index in [0.29, 0.717) is 11.4 Å². The zero-order valence-electron chi connectivity index (χ0n) is 8.27. The minimum atomic E-state index is -1.83. The third-order valence-corrected chi connectivity index (χ3v) is 0.996. The summed E-state index contributed by atoms with van der Waals surface area (Å²) in [7, 11) is 0. The summed E-state index contributed by atoms with van der Waals surface area (Å²) in [5.41, 5.74) is 12.1. The average Bonchev–Trinajstić information content (AvgIpc) is 1.94. The Morgan fingerprint density at radius 2 is 1.38 bits per heavy atom. The Morgan fingerprint density at radius 3 is 1.54 bits per heavy atom. The monoisotopic (exact) mass is 210 g/mol. The molecule has 0 spiro atoms. The zero-order valence-corrected chi connectivity index (χ0v) is 10.4. The fourth-order valence-electron chi connectivity index (χ4n) is 0.511. The van der Waals surface area contributed by atoms with Crippen molar-refractivity contribution in [2.75, 3.05) is 11.5 Å². The minimum absolute atomic E-state index is 0. The van der Waals surface area contributed by atoms with Crippen LogP contribution in [0.3, 0.4) is 0 Å². The van der Waals surface area contributed by atoms with Crippen LogP contribution in [0.5, 0.6) is 0 Å². The first kappa shape index (κ1) is 15.2. The summed E-state index contributed by atoms with van der Waals surface area (Å²) in [5, 5.41) is 13.9. The van der Waals surface area contributed by atoms with E-state index in [4.69, 9.17) is 26.5 Å². The van der Waals surface area contributed by atoms with Gasteiger partial charge in [-0.25, -0.2) is 4.79 Å².